The summed E-state index contributed by atoms with van der Waals surface area (Å²) in [6, 6.07) is 67.7. The zero-order chi connectivity index (χ0) is 40.7. The molecule has 2 aromatic heterocycles. The number of hydrogen-bond acceptors (Lipinski definition) is 3. The largest absolute Gasteiger partial charge is 0.334 e. The molecule has 8 aromatic carbocycles. The summed E-state index contributed by atoms with van der Waals surface area (Å²) < 4.78 is 5.11. The first-order valence-electron chi connectivity index (χ1n) is 21.3. The molecule has 0 fully saturated rings. The van der Waals surface area contributed by atoms with Gasteiger partial charge in [0.15, 0.2) is 0 Å². The predicted octanol–water partition coefficient (Wildman–Crippen LogP) is 16.0. The molecule has 0 N–H and O–H groups in total. The maximum absolute atomic E-state index is 2.49. The van der Waals surface area contributed by atoms with Gasteiger partial charge < -0.3 is 14.4 Å². The Kier molecular flexibility index (Phi) is 8.20. The number of benzene rings is 8. The average molecular weight is 802 g/mol. The lowest BCUT2D eigenvalue weighted by molar-refractivity contribution is 0.660. The lowest BCUT2D eigenvalue weighted by atomic mass is 9.82. The fourth-order valence-corrected chi connectivity index (χ4v) is 11.3. The quantitative estimate of drug-likeness (QED) is 0.159. The molecule has 2 heterocycles. The molecule has 0 saturated carbocycles. The van der Waals surface area contributed by atoms with Crippen molar-refractivity contribution in [3.8, 4) is 16.8 Å². The van der Waals surface area contributed by atoms with Crippen molar-refractivity contribution in [1.29, 1.82) is 0 Å². The summed E-state index contributed by atoms with van der Waals surface area (Å²) in [5, 5.41) is 5.08. The van der Waals surface area contributed by atoms with Crippen LogP contribution < -0.4 is 9.80 Å². The molecule has 2 aliphatic carbocycles. The Hall–Kier alpha value is -7.14. The minimum absolute atomic E-state index is 0.105. The Morgan fingerprint density at radius 1 is 0.492 bits per heavy atom. The maximum Gasteiger partial charge on any atom is 0.0559 e. The molecule has 0 amide bonds. The number of fused-ring (bicyclic) bond motifs is 9. The summed E-state index contributed by atoms with van der Waals surface area (Å²) in [7, 11) is 0. The van der Waals surface area contributed by atoms with Crippen molar-refractivity contribution in [3.05, 3.63) is 217 Å². The van der Waals surface area contributed by atoms with Gasteiger partial charge in [0.2, 0.25) is 0 Å². The van der Waals surface area contributed by atoms with Gasteiger partial charge in [0.25, 0.3) is 0 Å². The summed E-state index contributed by atoms with van der Waals surface area (Å²) in [5.41, 5.74) is 14.6. The topological polar surface area (TPSA) is 11.4 Å². The Bertz CT molecular complexity index is 3390. The van der Waals surface area contributed by atoms with Crippen molar-refractivity contribution in [1.82, 2.24) is 4.57 Å². The van der Waals surface area contributed by atoms with Crippen LogP contribution in [0.5, 0.6) is 0 Å². The molecule has 1 unspecified atom stereocenters. The molecule has 0 radical (unpaired) electrons. The summed E-state index contributed by atoms with van der Waals surface area (Å²) in [4.78, 5) is 4.92. The van der Waals surface area contributed by atoms with Gasteiger partial charge in [-0.15, -0.1) is 11.3 Å². The van der Waals surface area contributed by atoms with E-state index in [1.54, 1.807) is 0 Å². The fraction of sp³-hybridized carbons (Fsp3) is 0.0877. The molecule has 0 aliphatic heterocycles. The third kappa shape index (κ3) is 5.70. The second-order valence-corrected chi connectivity index (χ2v) is 18.0. The fourth-order valence-electron chi connectivity index (χ4n) is 10.2. The standard InChI is InChI=1S/C57H43N3S/c1-57(2)51-27-14-12-25-45(51)46-31-29-44(35-52(46)57)59(40-21-10-5-11-22-40)43-30-32-53-48(34-43)49-37-56-50(47-26-13-15-28-55(47)61-56)36-54(49)60(53)42-24-16-23-41(33-42)58(38-17-6-3-7-18-38)39-19-8-4-9-20-39/h3-19,21-37,39H,20H2,1-2H3. The smallest absolute Gasteiger partial charge is 0.0559 e. The van der Waals surface area contributed by atoms with Gasteiger partial charge >= 0.3 is 0 Å². The number of anilines is 5. The van der Waals surface area contributed by atoms with E-state index in [0.717, 1.165) is 29.2 Å². The van der Waals surface area contributed by atoms with Crippen LogP contribution in [0.4, 0.5) is 28.4 Å². The second-order valence-electron chi connectivity index (χ2n) is 16.9. The molecular weight excluding hydrogens is 759 g/mol. The van der Waals surface area contributed by atoms with Gasteiger partial charge in [-0.1, -0.05) is 129 Å². The van der Waals surface area contributed by atoms with E-state index >= 15 is 0 Å². The Labute approximate surface area is 360 Å². The number of aromatic nitrogens is 1. The lowest BCUT2D eigenvalue weighted by Crippen LogP contribution is -2.29. The van der Waals surface area contributed by atoms with Crippen LogP contribution in [0, 0.1) is 0 Å². The molecular formula is C57H43N3S. The molecule has 1 atom stereocenters. The highest BCUT2D eigenvalue weighted by Gasteiger charge is 2.36. The predicted molar refractivity (Wildman–Crippen MR) is 261 cm³/mol. The molecule has 0 saturated heterocycles. The minimum atomic E-state index is -0.105. The maximum atomic E-state index is 2.49. The van der Waals surface area contributed by atoms with Gasteiger partial charge in [0, 0.05) is 70.5 Å². The number of para-hydroxylation sites is 2. The average Bonchev–Trinajstić information content (AvgIpc) is 3.91. The first-order chi connectivity index (χ1) is 30.0. The molecule has 10 aromatic rings. The van der Waals surface area contributed by atoms with Crippen LogP contribution in [0.2, 0.25) is 0 Å². The Balaban J connectivity index is 1.08. The van der Waals surface area contributed by atoms with E-state index in [2.05, 4.69) is 235 Å². The van der Waals surface area contributed by atoms with Crippen LogP contribution in [0.15, 0.2) is 206 Å². The summed E-state index contributed by atoms with van der Waals surface area (Å²) in [6.45, 7) is 4.72. The van der Waals surface area contributed by atoms with E-state index in [1.807, 2.05) is 11.3 Å². The monoisotopic (exact) mass is 801 g/mol. The van der Waals surface area contributed by atoms with Crippen molar-refractivity contribution in [3.63, 3.8) is 0 Å². The highest BCUT2D eigenvalue weighted by atomic mass is 32.1. The van der Waals surface area contributed by atoms with Crippen LogP contribution in [0.25, 0.3) is 58.8 Å². The van der Waals surface area contributed by atoms with E-state index < -0.39 is 0 Å². The van der Waals surface area contributed by atoms with Crippen molar-refractivity contribution >= 4 is 81.8 Å². The van der Waals surface area contributed by atoms with E-state index in [4.69, 9.17) is 0 Å². The van der Waals surface area contributed by atoms with E-state index in [9.17, 15) is 0 Å². The normalized spacial score (nSPS) is 15.1. The van der Waals surface area contributed by atoms with Gasteiger partial charge in [-0.2, -0.15) is 0 Å². The van der Waals surface area contributed by atoms with Gasteiger partial charge in [-0.05, 0) is 120 Å². The third-order valence-corrected chi connectivity index (χ3v) is 14.2. The molecule has 2 aliphatic rings. The molecule has 292 valence electrons. The zero-order valence-electron chi connectivity index (χ0n) is 34.2. The van der Waals surface area contributed by atoms with Gasteiger partial charge in [-0.3, -0.25) is 0 Å². The molecule has 3 nitrogen and oxygen atoms in total. The van der Waals surface area contributed by atoms with Gasteiger partial charge in [0.05, 0.1) is 17.1 Å². The highest BCUT2D eigenvalue weighted by Crippen LogP contribution is 2.51. The second kappa shape index (κ2) is 14.0. The van der Waals surface area contributed by atoms with Crippen molar-refractivity contribution in [2.24, 2.45) is 0 Å². The number of rotatable bonds is 7. The number of nitrogens with zero attached hydrogens (tertiary/aromatic N) is 3. The van der Waals surface area contributed by atoms with Gasteiger partial charge in [-0.25, -0.2) is 0 Å². The van der Waals surface area contributed by atoms with Crippen LogP contribution >= 0.6 is 11.3 Å². The molecule has 12 rings (SSSR count). The summed E-state index contributed by atoms with van der Waals surface area (Å²) in [6.07, 6.45) is 9.87. The van der Waals surface area contributed by atoms with Crippen LogP contribution in [-0.4, -0.2) is 10.6 Å². The first kappa shape index (κ1) is 35.8. The van der Waals surface area contributed by atoms with Crippen molar-refractivity contribution < 1.29 is 0 Å². The summed E-state index contributed by atoms with van der Waals surface area (Å²) >= 11 is 1.88. The lowest BCUT2D eigenvalue weighted by Gasteiger charge is -2.33. The number of thiophene rings is 1. The van der Waals surface area contributed by atoms with Gasteiger partial charge in [0.1, 0.15) is 0 Å². The number of allylic oxidation sites excluding steroid dienone is 2. The SMILES string of the molecule is CC1(C)c2ccccc2-c2ccc(N(c3ccccc3)c3ccc4c(c3)c3cc5sc6ccccc6c5cc3n4-c3cccc(N(c4ccccc4)C4C=CC=CC4)c3)cc21. The number of hydrogen-bond donors (Lipinski definition) is 0. The Morgan fingerprint density at radius 3 is 2.03 bits per heavy atom. The molecule has 61 heavy (non-hydrogen) atoms. The first-order valence-corrected chi connectivity index (χ1v) is 22.1. The molecule has 0 bridgehead atoms. The van der Waals surface area contributed by atoms with Crippen LogP contribution in [0.1, 0.15) is 31.4 Å². The van der Waals surface area contributed by atoms with Crippen LogP contribution in [0.3, 0.4) is 0 Å². The Morgan fingerprint density at radius 2 is 1.20 bits per heavy atom. The zero-order valence-corrected chi connectivity index (χ0v) is 35.0. The van der Waals surface area contributed by atoms with E-state index in [-0.39, 0.29) is 11.5 Å². The molecule has 0 spiro atoms. The molecule has 4 heteroatoms. The van der Waals surface area contributed by atoms with E-state index in [0.29, 0.717) is 0 Å². The highest BCUT2D eigenvalue weighted by molar-refractivity contribution is 7.25. The van der Waals surface area contributed by atoms with Crippen molar-refractivity contribution in [2.45, 2.75) is 31.7 Å². The minimum Gasteiger partial charge on any atom is -0.334 e. The third-order valence-electron chi connectivity index (χ3n) is 13.0. The van der Waals surface area contributed by atoms with E-state index in [1.165, 1.54) is 75.6 Å². The summed E-state index contributed by atoms with van der Waals surface area (Å²) in [5.74, 6) is 0. The van der Waals surface area contributed by atoms with Crippen molar-refractivity contribution in [2.75, 3.05) is 9.80 Å². The van der Waals surface area contributed by atoms with Crippen LogP contribution in [-0.2, 0) is 5.41 Å².